The Labute approximate surface area is 112 Å². The average Bonchev–Trinajstić information content (AvgIpc) is 2.31. The minimum absolute atomic E-state index is 0.125. The topological polar surface area (TPSA) is 38.5 Å². The van der Waals surface area contributed by atoms with E-state index < -0.39 is 0 Å². The van der Waals surface area contributed by atoms with Gasteiger partial charge in [0.1, 0.15) is 0 Å². The Kier molecular flexibility index (Phi) is 6.73. The third-order valence-electron chi connectivity index (χ3n) is 2.55. The Hall–Kier alpha value is -0.420. The van der Waals surface area contributed by atoms with Gasteiger partial charge in [0.15, 0.2) is 0 Å². The molecular weight excluding hydrogens is 280 g/mol. The van der Waals surface area contributed by atoms with Crippen LogP contribution >= 0.6 is 15.9 Å². The van der Waals surface area contributed by atoms with Gasteiger partial charge in [0, 0.05) is 30.7 Å². The van der Waals surface area contributed by atoms with Crippen molar-refractivity contribution in [3.63, 3.8) is 0 Å². The predicted molar refractivity (Wildman–Crippen MR) is 74.9 cm³/mol. The second kappa shape index (κ2) is 7.82. The summed E-state index contributed by atoms with van der Waals surface area (Å²) >= 11 is 3.43. The first-order valence-corrected chi connectivity index (χ1v) is 6.69. The van der Waals surface area contributed by atoms with Crippen LogP contribution in [0.1, 0.15) is 12.5 Å². The monoisotopic (exact) mass is 300 g/mol. The van der Waals surface area contributed by atoms with Gasteiger partial charge in [-0.25, -0.2) is 0 Å². The molecule has 0 heterocycles. The molecular formula is C13H21BrN2O. The molecule has 4 heteroatoms. The molecule has 1 unspecified atom stereocenters. The van der Waals surface area contributed by atoms with Crippen LogP contribution in [-0.4, -0.2) is 37.7 Å². The van der Waals surface area contributed by atoms with Crippen molar-refractivity contribution in [3.05, 3.63) is 34.3 Å². The molecule has 1 aromatic rings. The van der Waals surface area contributed by atoms with Crippen LogP contribution in [-0.2, 0) is 11.3 Å². The smallest absolute Gasteiger partial charge is 0.0823 e. The van der Waals surface area contributed by atoms with E-state index in [9.17, 15) is 0 Å². The van der Waals surface area contributed by atoms with Gasteiger partial charge >= 0.3 is 0 Å². The summed E-state index contributed by atoms with van der Waals surface area (Å²) in [5, 5.41) is 0. The van der Waals surface area contributed by atoms with Crippen molar-refractivity contribution in [2.45, 2.75) is 19.6 Å². The van der Waals surface area contributed by atoms with Gasteiger partial charge in [0.05, 0.1) is 6.10 Å². The number of benzene rings is 1. The fourth-order valence-corrected chi connectivity index (χ4v) is 2.01. The Morgan fingerprint density at radius 3 is 2.53 bits per heavy atom. The van der Waals surface area contributed by atoms with Crippen molar-refractivity contribution in [2.24, 2.45) is 5.73 Å². The summed E-state index contributed by atoms with van der Waals surface area (Å²) in [7, 11) is 2.09. The van der Waals surface area contributed by atoms with Crippen molar-refractivity contribution in [1.82, 2.24) is 4.90 Å². The van der Waals surface area contributed by atoms with Crippen LogP contribution in [0.2, 0.25) is 0 Å². The van der Waals surface area contributed by atoms with E-state index in [4.69, 9.17) is 10.5 Å². The summed E-state index contributed by atoms with van der Waals surface area (Å²) in [6.07, 6.45) is 0.125. The molecule has 0 aliphatic heterocycles. The molecule has 0 aliphatic rings. The standard InChI is InChI=1S/C13H21BrN2O/c1-3-17-13(8-15)10-16(2)9-11-4-6-12(14)7-5-11/h4-7,13H,3,8-10,15H2,1-2H3. The first-order valence-electron chi connectivity index (χ1n) is 5.90. The van der Waals surface area contributed by atoms with Crippen LogP contribution in [0.15, 0.2) is 28.7 Å². The van der Waals surface area contributed by atoms with E-state index in [0.717, 1.165) is 17.6 Å². The molecule has 0 aliphatic carbocycles. The van der Waals surface area contributed by atoms with Gasteiger partial charge in [-0.05, 0) is 31.7 Å². The quantitative estimate of drug-likeness (QED) is 0.839. The number of likely N-dealkylation sites (N-methyl/N-ethyl adjacent to an activating group) is 1. The Balaban J connectivity index is 2.42. The van der Waals surface area contributed by atoms with Gasteiger partial charge in [-0.2, -0.15) is 0 Å². The van der Waals surface area contributed by atoms with E-state index in [2.05, 4.69) is 52.1 Å². The van der Waals surface area contributed by atoms with Gasteiger partial charge in [-0.3, -0.25) is 4.90 Å². The molecule has 17 heavy (non-hydrogen) atoms. The summed E-state index contributed by atoms with van der Waals surface area (Å²) in [5.41, 5.74) is 6.96. The fourth-order valence-electron chi connectivity index (χ4n) is 1.74. The molecule has 0 spiro atoms. The van der Waals surface area contributed by atoms with Gasteiger partial charge in [0.2, 0.25) is 0 Å². The Morgan fingerprint density at radius 2 is 2.00 bits per heavy atom. The number of hydrogen-bond donors (Lipinski definition) is 1. The van der Waals surface area contributed by atoms with E-state index in [1.54, 1.807) is 0 Å². The predicted octanol–water partition coefficient (Wildman–Crippen LogP) is 2.24. The number of rotatable bonds is 7. The molecule has 1 atom stereocenters. The van der Waals surface area contributed by atoms with E-state index in [1.165, 1.54) is 5.56 Å². The van der Waals surface area contributed by atoms with Crippen LogP contribution in [0.5, 0.6) is 0 Å². The molecule has 1 rings (SSSR count). The molecule has 0 saturated carbocycles. The maximum atomic E-state index is 5.66. The summed E-state index contributed by atoms with van der Waals surface area (Å²) < 4.78 is 6.65. The molecule has 0 aromatic heterocycles. The molecule has 0 amide bonds. The molecule has 0 radical (unpaired) electrons. The molecule has 0 saturated heterocycles. The van der Waals surface area contributed by atoms with E-state index >= 15 is 0 Å². The van der Waals surface area contributed by atoms with E-state index in [0.29, 0.717) is 13.2 Å². The maximum Gasteiger partial charge on any atom is 0.0823 e. The first kappa shape index (κ1) is 14.6. The summed E-state index contributed by atoms with van der Waals surface area (Å²) in [5.74, 6) is 0. The van der Waals surface area contributed by atoms with Crippen molar-refractivity contribution in [1.29, 1.82) is 0 Å². The third-order valence-corrected chi connectivity index (χ3v) is 3.07. The SMILES string of the molecule is CCOC(CN)CN(C)Cc1ccc(Br)cc1. The van der Waals surface area contributed by atoms with Crippen LogP contribution in [0.25, 0.3) is 0 Å². The lowest BCUT2D eigenvalue weighted by molar-refractivity contribution is 0.0437. The normalized spacial score (nSPS) is 13.0. The maximum absolute atomic E-state index is 5.66. The third kappa shape index (κ3) is 5.64. The summed E-state index contributed by atoms with van der Waals surface area (Å²) in [6.45, 7) is 5.06. The number of nitrogens with two attached hydrogens (primary N) is 1. The van der Waals surface area contributed by atoms with Crippen LogP contribution in [0, 0.1) is 0 Å². The van der Waals surface area contributed by atoms with Crippen molar-refractivity contribution in [2.75, 3.05) is 26.7 Å². The van der Waals surface area contributed by atoms with Crippen LogP contribution in [0.3, 0.4) is 0 Å². The second-order valence-electron chi connectivity index (χ2n) is 4.14. The minimum Gasteiger partial charge on any atom is -0.376 e. The second-order valence-corrected chi connectivity index (χ2v) is 5.05. The molecule has 3 nitrogen and oxygen atoms in total. The number of nitrogens with zero attached hydrogens (tertiary/aromatic N) is 1. The van der Waals surface area contributed by atoms with Crippen LogP contribution < -0.4 is 5.73 Å². The van der Waals surface area contributed by atoms with E-state index in [-0.39, 0.29) is 6.10 Å². The van der Waals surface area contributed by atoms with Gasteiger partial charge in [0.25, 0.3) is 0 Å². The molecule has 96 valence electrons. The van der Waals surface area contributed by atoms with Crippen molar-refractivity contribution >= 4 is 15.9 Å². The van der Waals surface area contributed by atoms with Gasteiger partial charge < -0.3 is 10.5 Å². The lowest BCUT2D eigenvalue weighted by Gasteiger charge is -2.23. The number of ether oxygens (including phenoxy) is 1. The zero-order valence-corrected chi connectivity index (χ0v) is 12.1. The lowest BCUT2D eigenvalue weighted by Crippen LogP contribution is -2.36. The largest absolute Gasteiger partial charge is 0.376 e. The molecule has 2 N–H and O–H groups in total. The highest BCUT2D eigenvalue weighted by atomic mass is 79.9. The van der Waals surface area contributed by atoms with Crippen molar-refractivity contribution < 1.29 is 4.74 Å². The fraction of sp³-hybridized carbons (Fsp3) is 0.538. The molecule has 1 aromatic carbocycles. The summed E-state index contributed by atoms with van der Waals surface area (Å²) in [6, 6.07) is 8.37. The zero-order chi connectivity index (χ0) is 12.7. The zero-order valence-electron chi connectivity index (χ0n) is 10.5. The van der Waals surface area contributed by atoms with Gasteiger partial charge in [-0.15, -0.1) is 0 Å². The highest BCUT2D eigenvalue weighted by Gasteiger charge is 2.09. The van der Waals surface area contributed by atoms with Gasteiger partial charge in [-0.1, -0.05) is 28.1 Å². The lowest BCUT2D eigenvalue weighted by atomic mass is 10.2. The minimum atomic E-state index is 0.125. The highest BCUT2D eigenvalue weighted by molar-refractivity contribution is 9.10. The molecule has 0 bridgehead atoms. The highest BCUT2D eigenvalue weighted by Crippen LogP contribution is 2.12. The average molecular weight is 301 g/mol. The first-order chi connectivity index (χ1) is 8.15. The van der Waals surface area contributed by atoms with E-state index in [1.807, 2.05) is 6.92 Å². The van der Waals surface area contributed by atoms with Crippen molar-refractivity contribution in [3.8, 4) is 0 Å². The number of hydrogen-bond acceptors (Lipinski definition) is 3. The van der Waals surface area contributed by atoms with Crippen LogP contribution in [0.4, 0.5) is 0 Å². The summed E-state index contributed by atoms with van der Waals surface area (Å²) in [4.78, 5) is 2.23. The Bertz CT molecular complexity index is 316. The Morgan fingerprint density at radius 1 is 1.35 bits per heavy atom. The number of halogens is 1. The molecule has 0 fully saturated rings.